The number of aliphatic hydroxyl groups is 1. The smallest absolute Gasteiger partial charge is 0.333 e. The molecule has 0 amide bonds. The highest BCUT2D eigenvalue weighted by Gasteiger charge is 2.39. The van der Waals surface area contributed by atoms with Crippen molar-refractivity contribution < 1.29 is 14.6 Å². The van der Waals surface area contributed by atoms with E-state index < -0.39 is 6.10 Å². The SMILES string of the molecule is C=C(C)C(=O)OC1CCC(C2CS2)CC1O. The first kappa shape index (κ1) is 12.0. The normalized spacial score (nSPS) is 37.9. The van der Waals surface area contributed by atoms with Gasteiger partial charge in [-0.05, 0) is 32.1 Å². The first-order chi connectivity index (χ1) is 7.58. The summed E-state index contributed by atoms with van der Waals surface area (Å²) in [4.78, 5) is 11.3. The molecule has 1 aliphatic heterocycles. The van der Waals surface area contributed by atoms with Gasteiger partial charge in [0, 0.05) is 16.6 Å². The molecule has 2 aliphatic rings. The molecule has 90 valence electrons. The Morgan fingerprint density at radius 2 is 2.19 bits per heavy atom. The molecule has 0 spiro atoms. The minimum Gasteiger partial charge on any atom is -0.456 e. The summed E-state index contributed by atoms with van der Waals surface area (Å²) in [7, 11) is 0. The van der Waals surface area contributed by atoms with Crippen LogP contribution in [0.15, 0.2) is 12.2 Å². The van der Waals surface area contributed by atoms with Gasteiger partial charge in [-0.1, -0.05) is 6.58 Å². The third kappa shape index (κ3) is 2.80. The van der Waals surface area contributed by atoms with Crippen LogP contribution in [0, 0.1) is 5.92 Å². The first-order valence-corrected chi connectivity index (χ1v) is 6.79. The maximum Gasteiger partial charge on any atom is 0.333 e. The monoisotopic (exact) mass is 242 g/mol. The van der Waals surface area contributed by atoms with Crippen molar-refractivity contribution in [3.8, 4) is 0 Å². The summed E-state index contributed by atoms with van der Waals surface area (Å²) in [6.45, 7) is 5.17. The van der Waals surface area contributed by atoms with E-state index in [0.29, 0.717) is 11.5 Å². The lowest BCUT2D eigenvalue weighted by atomic mass is 9.84. The molecule has 0 bridgehead atoms. The molecule has 0 radical (unpaired) electrons. The number of hydrogen-bond acceptors (Lipinski definition) is 4. The Morgan fingerprint density at radius 1 is 1.50 bits per heavy atom. The van der Waals surface area contributed by atoms with Crippen LogP contribution < -0.4 is 0 Å². The van der Waals surface area contributed by atoms with Crippen LogP contribution in [-0.4, -0.2) is 34.3 Å². The molecule has 2 rings (SSSR count). The van der Waals surface area contributed by atoms with Gasteiger partial charge in [0.25, 0.3) is 0 Å². The Hall–Kier alpha value is -0.480. The topological polar surface area (TPSA) is 46.5 Å². The standard InChI is InChI=1S/C12H18O3S/c1-7(2)12(14)15-10-4-3-8(5-9(10)13)11-6-16-11/h8-11,13H,1,3-6H2,2H3. The largest absolute Gasteiger partial charge is 0.456 e. The van der Waals surface area contributed by atoms with Gasteiger partial charge in [0.15, 0.2) is 0 Å². The maximum atomic E-state index is 11.3. The van der Waals surface area contributed by atoms with Crippen LogP contribution in [0.25, 0.3) is 0 Å². The average Bonchev–Trinajstić information content (AvgIpc) is 3.04. The zero-order valence-electron chi connectivity index (χ0n) is 9.52. The summed E-state index contributed by atoms with van der Waals surface area (Å²) in [6.07, 6.45) is 1.78. The molecular weight excluding hydrogens is 224 g/mol. The van der Waals surface area contributed by atoms with E-state index in [4.69, 9.17) is 4.74 Å². The van der Waals surface area contributed by atoms with E-state index in [0.717, 1.165) is 24.5 Å². The number of esters is 1. The highest BCUT2D eigenvalue weighted by atomic mass is 32.2. The fraction of sp³-hybridized carbons (Fsp3) is 0.750. The maximum absolute atomic E-state index is 11.3. The molecule has 4 unspecified atom stereocenters. The number of hydrogen-bond donors (Lipinski definition) is 1. The molecule has 0 aromatic rings. The van der Waals surface area contributed by atoms with Gasteiger partial charge in [-0.2, -0.15) is 11.8 Å². The Morgan fingerprint density at radius 3 is 2.69 bits per heavy atom. The van der Waals surface area contributed by atoms with Crippen LogP contribution in [0.2, 0.25) is 0 Å². The predicted molar refractivity (Wildman–Crippen MR) is 64.3 cm³/mol. The van der Waals surface area contributed by atoms with E-state index in [1.807, 2.05) is 11.8 Å². The molecule has 3 nitrogen and oxygen atoms in total. The molecule has 4 heteroatoms. The number of carbonyl (C=O) groups excluding carboxylic acids is 1. The van der Waals surface area contributed by atoms with Crippen molar-refractivity contribution >= 4 is 17.7 Å². The second kappa shape index (κ2) is 4.80. The lowest BCUT2D eigenvalue weighted by Gasteiger charge is -2.32. The number of carbonyl (C=O) groups is 1. The fourth-order valence-corrected chi connectivity index (χ4v) is 3.09. The lowest BCUT2D eigenvalue weighted by Crippen LogP contribution is -2.38. The van der Waals surface area contributed by atoms with Gasteiger partial charge in [0.1, 0.15) is 6.10 Å². The highest BCUT2D eigenvalue weighted by Crippen LogP contribution is 2.43. The molecule has 1 saturated heterocycles. The molecule has 0 aromatic heterocycles. The molecule has 1 aliphatic carbocycles. The summed E-state index contributed by atoms with van der Waals surface area (Å²) in [5, 5.41) is 10.7. The Labute approximate surface area is 100 Å². The second-order valence-electron chi connectivity index (χ2n) is 4.74. The molecule has 4 atom stereocenters. The van der Waals surface area contributed by atoms with Crippen molar-refractivity contribution in [2.24, 2.45) is 5.92 Å². The molecule has 1 heterocycles. The van der Waals surface area contributed by atoms with E-state index in [1.54, 1.807) is 6.92 Å². The summed E-state index contributed by atoms with van der Waals surface area (Å²) < 4.78 is 5.22. The van der Waals surface area contributed by atoms with E-state index in [9.17, 15) is 9.90 Å². The number of aliphatic hydroxyl groups excluding tert-OH is 1. The van der Waals surface area contributed by atoms with E-state index in [2.05, 4.69) is 6.58 Å². The van der Waals surface area contributed by atoms with Gasteiger partial charge in [0.2, 0.25) is 0 Å². The molecule has 1 saturated carbocycles. The van der Waals surface area contributed by atoms with Crippen LogP contribution >= 0.6 is 11.8 Å². The zero-order valence-corrected chi connectivity index (χ0v) is 10.3. The summed E-state index contributed by atoms with van der Waals surface area (Å²) in [6, 6.07) is 0. The molecule has 0 aromatic carbocycles. The summed E-state index contributed by atoms with van der Waals surface area (Å²) in [5.41, 5.74) is 0.395. The molecule has 1 N–H and O–H groups in total. The van der Waals surface area contributed by atoms with Crippen LogP contribution in [0.5, 0.6) is 0 Å². The Bertz CT molecular complexity index is 299. The van der Waals surface area contributed by atoms with Gasteiger partial charge < -0.3 is 9.84 Å². The average molecular weight is 242 g/mol. The third-order valence-electron chi connectivity index (χ3n) is 3.29. The predicted octanol–water partition coefficient (Wildman–Crippen LogP) is 1.75. The highest BCUT2D eigenvalue weighted by molar-refractivity contribution is 8.06. The van der Waals surface area contributed by atoms with Crippen molar-refractivity contribution in [2.75, 3.05) is 5.75 Å². The van der Waals surface area contributed by atoms with Crippen LogP contribution in [0.1, 0.15) is 26.2 Å². The number of ether oxygens (including phenoxy) is 1. The van der Waals surface area contributed by atoms with Crippen LogP contribution in [-0.2, 0) is 9.53 Å². The summed E-state index contributed by atoms with van der Waals surface area (Å²) in [5.74, 6) is 1.45. The van der Waals surface area contributed by atoms with Crippen molar-refractivity contribution in [3.05, 3.63) is 12.2 Å². The lowest BCUT2D eigenvalue weighted by molar-refractivity contribution is -0.153. The minimum absolute atomic E-state index is 0.329. The van der Waals surface area contributed by atoms with Crippen molar-refractivity contribution in [1.82, 2.24) is 0 Å². The van der Waals surface area contributed by atoms with E-state index >= 15 is 0 Å². The quantitative estimate of drug-likeness (QED) is 0.465. The van der Waals surface area contributed by atoms with Crippen LogP contribution in [0.4, 0.5) is 0 Å². The fourth-order valence-electron chi connectivity index (χ4n) is 2.19. The zero-order chi connectivity index (χ0) is 11.7. The van der Waals surface area contributed by atoms with Gasteiger partial charge >= 0.3 is 5.97 Å². The van der Waals surface area contributed by atoms with Crippen molar-refractivity contribution in [1.29, 1.82) is 0 Å². The van der Waals surface area contributed by atoms with Gasteiger partial charge in [-0.25, -0.2) is 4.79 Å². The number of rotatable bonds is 3. The molecule has 2 fully saturated rings. The molecular formula is C12H18O3S. The van der Waals surface area contributed by atoms with Gasteiger partial charge in [-0.3, -0.25) is 0 Å². The first-order valence-electron chi connectivity index (χ1n) is 5.74. The number of thioether (sulfide) groups is 1. The Kier molecular flexibility index (Phi) is 3.60. The van der Waals surface area contributed by atoms with Gasteiger partial charge in [0.05, 0.1) is 6.10 Å². The summed E-state index contributed by atoms with van der Waals surface area (Å²) >= 11 is 1.96. The minimum atomic E-state index is -0.497. The van der Waals surface area contributed by atoms with Crippen LogP contribution in [0.3, 0.4) is 0 Å². The van der Waals surface area contributed by atoms with E-state index in [-0.39, 0.29) is 12.1 Å². The van der Waals surface area contributed by atoms with Crippen molar-refractivity contribution in [3.63, 3.8) is 0 Å². The van der Waals surface area contributed by atoms with Crippen molar-refractivity contribution in [2.45, 2.75) is 43.6 Å². The molecule has 16 heavy (non-hydrogen) atoms. The van der Waals surface area contributed by atoms with Gasteiger partial charge in [-0.15, -0.1) is 0 Å². The Balaban J connectivity index is 1.83. The third-order valence-corrected chi connectivity index (χ3v) is 4.39. The van der Waals surface area contributed by atoms with E-state index in [1.165, 1.54) is 5.75 Å². The second-order valence-corrected chi connectivity index (χ2v) is 6.01.